The lowest BCUT2D eigenvalue weighted by Crippen LogP contribution is -2.37. The topological polar surface area (TPSA) is 58.5 Å². The normalized spacial score (nSPS) is 23.7. The maximum Gasteiger partial charge on any atom is 0.153 e. The Bertz CT molecular complexity index is 422. The van der Waals surface area contributed by atoms with Gasteiger partial charge in [0.05, 0.1) is 6.10 Å². The Morgan fingerprint density at radius 3 is 2.84 bits per heavy atom. The molecule has 1 atom stereocenters. The van der Waals surface area contributed by atoms with Crippen molar-refractivity contribution in [3.05, 3.63) is 24.7 Å². The van der Waals surface area contributed by atoms with E-state index in [1.807, 2.05) is 6.07 Å². The van der Waals surface area contributed by atoms with Crippen molar-refractivity contribution in [2.45, 2.75) is 37.8 Å². The van der Waals surface area contributed by atoms with Gasteiger partial charge in [0.25, 0.3) is 0 Å². The first-order chi connectivity index (χ1) is 9.24. The van der Waals surface area contributed by atoms with Crippen LogP contribution in [-0.2, 0) is 4.52 Å². The summed E-state index contributed by atoms with van der Waals surface area (Å²) in [5, 5.41) is 0. The Morgan fingerprint density at radius 2 is 2.21 bits per heavy atom. The fraction of sp³-hybridized carbons (Fsp3) is 0.538. The third kappa shape index (κ3) is 3.72. The molecular formula is C13H20N3O2P. The predicted octanol–water partition coefficient (Wildman–Crippen LogP) is 2.38. The molecule has 104 valence electrons. The van der Waals surface area contributed by atoms with Gasteiger partial charge in [0.2, 0.25) is 0 Å². The number of aromatic nitrogens is 2. The minimum atomic E-state index is -0.399. The summed E-state index contributed by atoms with van der Waals surface area (Å²) in [6.07, 6.45) is 7.71. The van der Waals surface area contributed by atoms with Crippen LogP contribution in [0.3, 0.4) is 0 Å². The highest BCUT2D eigenvalue weighted by atomic mass is 31.1. The van der Waals surface area contributed by atoms with Crippen molar-refractivity contribution in [3.63, 3.8) is 0 Å². The molecule has 1 aromatic heterocycles. The van der Waals surface area contributed by atoms with E-state index in [4.69, 9.17) is 9.42 Å². The monoisotopic (exact) mass is 281 g/mol. The van der Waals surface area contributed by atoms with E-state index in [1.54, 1.807) is 12.3 Å². The molecule has 1 N–H and O–H groups in total. The van der Waals surface area contributed by atoms with E-state index >= 15 is 0 Å². The fourth-order valence-electron chi connectivity index (χ4n) is 2.47. The highest BCUT2D eigenvalue weighted by Crippen LogP contribution is 2.29. The van der Waals surface area contributed by atoms with Gasteiger partial charge in [-0.05, 0) is 37.8 Å². The largest absolute Gasteiger partial charge is 0.357 e. The summed E-state index contributed by atoms with van der Waals surface area (Å²) in [6, 6.07) is 2.39. The molecule has 1 saturated carbocycles. The molecule has 0 aromatic carbocycles. The van der Waals surface area contributed by atoms with Gasteiger partial charge in [-0.2, -0.15) is 0 Å². The smallest absolute Gasteiger partial charge is 0.153 e. The van der Waals surface area contributed by atoms with Gasteiger partial charge in [-0.1, -0.05) is 6.58 Å². The van der Waals surface area contributed by atoms with E-state index < -0.39 is 9.03 Å². The molecule has 5 nitrogen and oxygen atoms in total. The van der Waals surface area contributed by atoms with Gasteiger partial charge in [0.1, 0.15) is 5.82 Å². The van der Waals surface area contributed by atoms with E-state index in [1.165, 1.54) is 0 Å². The van der Waals surface area contributed by atoms with Crippen LogP contribution in [0.25, 0.3) is 6.08 Å². The summed E-state index contributed by atoms with van der Waals surface area (Å²) in [6.45, 7) is 3.69. The third-order valence-corrected chi connectivity index (χ3v) is 4.05. The van der Waals surface area contributed by atoms with E-state index in [0.717, 1.165) is 31.5 Å². The second-order valence-corrected chi connectivity index (χ2v) is 5.15. The maximum atomic E-state index is 8.80. The highest BCUT2D eigenvalue weighted by Gasteiger charge is 2.25. The van der Waals surface area contributed by atoms with Crippen molar-refractivity contribution in [1.82, 2.24) is 9.97 Å². The zero-order valence-corrected chi connectivity index (χ0v) is 12.1. The van der Waals surface area contributed by atoms with Crippen molar-refractivity contribution < 1.29 is 9.42 Å². The average molecular weight is 281 g/mol. The molecule has 0 bridgehead atoms. The van der Waals surface area contributed by atoms with Crippen molar-refractivity contribution >= 4 is 20.9 Å². The lowest BCUT2D eigenvalue weighted by atomic mass is 9.92. The van der Waals surface area contributed by atoms with E-state index in [-0.39, 0.29) is 6.10 Å². The van der Waals surface area contributed by atoms with E-state index in [0.29, 0.717) is 11.9 Å². The standard InChI is InChI=1S/C13H20N3O2P/c1-3-12-14-9-8-13(15-12)16(2)10-4-6-11(7-5-10)18-19-17/h3,8-11,17,19H,1,4-7H2,2H3. The quantitative estimate of drug-likeness (QED) is 0.840. The number of hydrogen-bond acceptors (Lipinski definition) is 5. The minimum absolute atomic E-state index is 0.210. The number of anilines is 1. The first kappa shape index (κ1) is 14.4. The SMILES string of the molecule is C=Cc1nccc(N(C)C2CCC(OPO)CC2)n1. The predicted molar refractivity (Wildman–Crippen MR) is 78.2 cm³/mol. The second kappa shape index (κ2) is 6.94. The molecule has 1 heterocycles. The molecule has 0 saturated heterocycles. The molecule has 0 amide bonds. The van der Waals surface area contributed by atoms with Crippen LogP contribution in [0.5, 0.6) is 0 Å². The van der Waals surface area contributed by atoms with Crippen LogP contribution in [0.4, 0.5) is 5.82 Å². The Labute approximate surface area is 115 Å². The van der Waals surface area contributed by atoms with Crippen molar-refractivity contribution in [3.8, 4) is 0 Å². The summed E-state index contributed by atoms with van der Waals surface area (Å²) in [7, 11) is 1.67. The summed E-state index contributed by atoms with van der Waals surface area (Å²) in [5.74, 6) is 1.58. The molecule has 6 heteroatoms. The lowest BCUT2D eigenvalue weighted by molar-refractivity contribution is 0.155. The van der Waals surface area contributed by atoms with Gasteiger partial charge < -0.3 is 14.3 Å². The average Bonchev–Trinajstić information content (AvgIpc) is 2.48. The van der Waals surface area contributed by atoms with Gasteiger partial charge in [-0.3, -0.25) is 0 Å². The number of rotatable bonds is 5. The molecule has 2 rings (SSSR count). The lowest BCUT2D eigenvalue weighted by Gasteiger charge is -2.34. The van der Waals surface area contributed by atoms with Crippen LogP contribution in [0.2, 0.25) is 0 Å². The molecule has 1 unspecified atom stereocenters. The Morgan fingerprint density at radius 1 is 1.47 bits per heavy atom. The van der Waals surface area contributed by atoms with Crippen LogP contribution in [-0.4, -0.2) is 34.1 Å². The summed E-state index contributed by atoms with van der Waals surface area (Å²) < 4.78 is 5.28. The highest BCUT2D eigenvalue weighted by molar-refractivity contribution is 7.25. The van der Waals surface area contributed by atoms with E-state index in [2.05, 4.69) is 28.5 Å². The summed E-state index contributed by atoms with van der Waals surface area (Å²) >= 11 is 0. The molecule has 0 spiro atoms. The number of nitrogens with zero attached hydrogens (tertiary/aromatic N) is 3. The Hall–Kier alpha value is -1.03. The van der Waals surface area contributed by atoms with Crippen LogP contribution < -0.4 is 4.90 Å². The maximum absolute atomic E-state index is 8.80. The fourth-order valence-corrected chi connectivity index (χ4v) is 2.86. The zero-order valence-electron chi connectivity index (χ0n) is 11.1. The Balaban J connectivity index is 1.96. The van der Waals surface area contributed by atoms with Crippen molar-refractivity contribution in [2.24, 2.45) is 0 Å². The van der Waals surface area contributed by atoms with Gasteiger partial charge in [0, 0.05) is 19.3 Å². The van der Waals surface area contributed by atoms with Crippen LogP contribution in [0.1, 0.15) is 31.5 Å². The molecular weight excluding hydrogens is 261 g/mol. The Kier molecular flexibility index (Phi) is 5.25. The van der Waals surface area contributed by atoms with Crippen molar-refractivity contribution in [2.75, 3.05) is 11.9 Å². The van der Waals surface area contributed by atoms with Gasteiger partial charge in [0.15, 0.2) is 14.9 Å². The molecule has 0 radical (unpaired) electrons. The first-order valence-corrected chi connectivity index (χ1v) is 7.33. The van der Waals surface area contributed by atoms with Crippen LogP contribution in [0.15, 0.2) is 18.8 Å². The number of hydrogen-bond donors (Lipinski definition) is 1. The van der Waals surface area contributed by atoms with Crippen LogP contribution in [0, 0.1) is 0 Å². The molecule has 1 aliphatic rings. The van der Waals surface area contributed by atoms with Gasteiger partial charge >= 0.3 is 0 Å². The first-order valence-electron chi connectivity index (χ1n) is 6.47. The molecule has 19 heavy (non-hydrogen) atoms. The van der Waals surface area contributed by atoms with Crippen LogP contribution >= 0.6 is 9.03 Å². The van der Waals surface area contributed by atoms with Crippen molar-refractivity contribution in [1.29, 1.82) is 0 Å². The van der Waals surface area contributed by atoms with E-state index in [9.17, 15) is 0 Å². The summed E-state index contributed by atoms with van der Waals surface area (Å²) in [5.41, 5.74) is 0. The molecule has 0 aliphatic heterocycles. The molecule has 1 fully saturated rings. The minimum Gasteiger partial charge on any atom is -0.357 e. The zero-order chi connectivity index (χ0) is 13.7. The molecule has 1 aromatic rings. The van der Waals surface area contributed by atoms with Gasteiger partial charge in [-0.15, -0.1) is 0 Å². The summed E-state index contributed by atoms with van der Waals surface area (Å²) in [4.78, 5) is 19.6. The molecule has 1 aliphatic carbocycles. The second-order valence-electron chi connectivity index (χ2n) is 4.73. The third-order valence-electron chi connectivity index (χ3n) is 3.61. The van der Waals surface area contributed by atoms with Gasteiger partial charge in [-0.25, -0.2) is 9.97 Å².